The SMILES string of the molecule is Cc1cn(C2COC2)c2ncnc(N)c12. The van der Waals surface area contributed by atoms with Gasteiger partial charge >= 0.3 is 0 Å². The van der Waals surface area contributed by atoms with Crippen molar-refractivity contribution >= 4 is 16.9 Å². The standard InChI is InChI=1S/C10H12N4O/c1-6-2-14(7-3-15-4-7)10-8(6)9(11)12-5-13-10/h2,5,7H,3-4H2,1H3,(H2,11,12,13). The zero-order chi connectivity index (χ0) is 10.4. The molecule has 0 spiro atoms. The van der Waals surface area contributed by atoms with E-state index >= 15 is 0 Å². The Morgan fingerprint density at radius 1 is 1.47 bits per heavy atom. The predicted molar refractivity (Wildman–Crippen MR) is 56.5 cm³/mol. The number of hydrogen-bond acceptors (Lipinski definition) is 4. The molecule has 5 nitrogen and oxygen atoms in total. The van der Waals surface area contributed by atoms with Crippen molar-refractivity contribution < 1.29 is 4.74 Å². The summed E-state index contributed by atoms with van der Waals surface area (Å²) < 4.78 is 7.31. The molecule has 0 saturated carbocycles. The molecular formula is C10H12N4O. The molecule has 3 heterocycles. The molecule has 2 aromatic rings. The first-order valence-electron chi connectivity index (χ1n) is 4.92. The third-order valence-electron chi connectivity index (χ3n) is 2.84. The number of aromatic nitrogens is 3. The highest BCUT2D eigenvalue weighted by Crippen LogP contribution is 2.28. The highest BCUT2D eigenvalue weighted by molar-refractivity contribution is 5.89. The minimum atomic E-state index is 0.399. The number of rotatable bonds is 1. The molecule has 0 bridgehead atoms. The quantitative estimate of drug-likeness (QED) is 0.749. The van der Waals surface area contributed by atoms with E-state index in [0.29, 0.717) is 11.9 Å². The van der Waals surface area contributed by atoms with Crippen LogP contribution in [0.3, 0.4) is 0 Å². The molecule has 1 saturated heterocycles. The lowest BCUT2D eigenvalue weighted by molar-refractivity contribution is -0.0216. The Kier molecular flexibility index (Phi) is 1.70. The average Bonchev–Trinajstić information content (AvgIpc) is 2.43. The van der Waals surface area contributed by atoms with Crippen LogP contribution in [-0.2, 0) is 4.74 Å². The molecular weight excluding hydrogens is 192 g/mol. The van der Waals surface area contributed by atoms with E-state index in [-0.39, 0.29) is 0 Å². The number of anilines is 1. The lowest BCUT2D eigenvalue weighted by Gasteiger charge is -2.27. The Bertz CT molecular complexity index is 515. The highest BCUT2D eigenvalue weighted by atomic mass is 16.5. The summed E-state index contributed by atoms with van der Waals surface area (Å²) in [5.74, 6) is 0.552. The second-order valence-corrected chi connectivity index (χ2v) is 3.87. The fraction of sp³-hybridized carbons (Fsp3) is 0.400. The van der Waals surface area contributed by atoms with Gasteiger partial charge in [-0.1, -0.05) is 0 Å². The van der Waals surface area contributed by atoms with Crippen LogP contribution in [0.25, 0.3) is 11.0 Å². The normalized spacial score (nSPS) is 16.9. The van der Waals surface area contributed by atoms with Gasteiger partial charge in [0, 0.05) is 6.20 Å². The van der Waals surface area contributed by atoms with Gasteiger partial charge in [-0.25, -0.2) is 9.97 Å². The van der Waals surface area contributed by atoms with E-state index in [1.807, 2.05) is 6.92 Å². The minimum absolute atomic E-state index is 0.399. The Morgan fingerprint density at radius 3 is 2.93 bits per heavy atom. The third-order valence-corrected chi connectivity index (χ3v) is 2.84. The fourth-order valence-electron chi connectivity index (χ4n) is 1.96. The molecule has 78 valence electrons. The van der Waals surface area contributed by atoms with E-state index in [0.717, 1.165) is 29.8 Å². The van der Waals surface area contributed by atoms with Gasteiger partial charge in [-0.3, -0.25) is 0 Å². The maximum absolute atomic E-state index is 5.83. The summed E-state index contributed by atoms with van der Waals surface area (Å²) in [7, 11) is 0. The zero-order valence-corrected chi connectivity index (χ0v) is 8.47. The fourth-order valence-corrected chi connectivity index (χ4v) is 1.96. The van der Waals surface area contributed by atoms with Crippen molar-refractivity contribution in [3.05, 3.63) is 18.1 Å². The van der Waals surface area contributed by atoms with E-state index in [1.165, 1.54) is 6.33 Å². The first kappa shape index (κ1) is 8.67. The van der Waals surface area contributed by atoms with Crippen LogP contribution in [0.2, 0.25) is 0 Å². The number of nitrogens with two attached hydrogens (primary N) is 1. The molecule has 3 rings (SSSR count). The lowest BCUT2D eigenvalue weighted by Crippen LogP contribution is -2.30. The molecule has 0 radical (unpaired) electrons. The van der Waals surface area contributed by atoms with Crippen molar-refractivity contribution in [1.82, 2.24) is 14.5 Å². The van der Waals surface area contributed by atoms with E-state index in [1.54, 1.807) is 0 Å². The maximum Gasteiger partial charge on any atom is 0.146 e. The van der Waals surface area contributed by atoms with E-state index in [2.05, 4.69) is 20.7 Å². The number of nitrogens with zero attached hydrogens (tertiary/aromatic N) is 3. The molecule has 5 heteroatoms. The van der Waals surface area contributed by atoms with Crippen LogP contribution in [0.4, 0.5) is 5.82 Å². The summed E-state index contributed by atoms with van der Waals surface area (Å²) in [5, 5.41) is 0.962. The van der Waals surface area contributed by atoms with Crippen LogP contribution in [0.15, 0.2) is 12.5 Å². The average molecular weight is 204 g/mol. The summed E-state index contributed by atoms with van der Waals surface area (Å²) in [4.78, 5) is 8.29. The Balaban J connectivity index is 2.27. The van der Waals surface area contributed by atoms with Crippen LogP contribution in [-0.4, -0.2) is 27.7 Å². The maximum atomic E-state index is 5.83. The Morgan fingerprint density at radius 2 is 2.27 bits per heavy atom. The number of ether oxygens (including phenoxy) is 1. The largest absolute Gasteiger partial charge is 0.383 e. The molecule has 2 N–H and O–H groups in total. The highest BCUT2D eigenvalue weighted by Gasteiger charge is 2.23. The Labute approximate surface area is 86.9 Å². The number of nitrogen functional groups attached to an aromatic ring is 1. The van der Waals surface area contributed by atoms with Crippen LogP contribution in [0.5, 0.6) is 0 Å². The molecule has 0 amide bonds. The van der Waals surface area contributed by atoms with Crippen LogP contribution in [0.1, 0.15) is 11.6 Å². The van der Waals surface area contributed by atoms with Gasteiger partial charge < -0.3 is 15.0 Å². The number of aryl methyl sites for hydroxylation is 1. The van der Waals surface area contributed by atoms with Gasteiger partial charge in [0.15, 0.2) is 0 Å². The van der Waals surface area contributed by atoms with Crippen molar-refractivity contribution in [2.24, 2.45) is 0 Å². The van der Waals surface area contributed by atoms with Gasteiger partial charge in [-0.2, -0.15) is 0 Å². The number of fused-ring (bicyclic) bond motifs is 1. The summed E-state index contributed by atoms with van der Waals surface area (Å²) in [6.45, 7) is 3.54. The third kappa shape index (κ3) is 1.13. The van der Waals surface area contributed by atoms with Gasteiger partial charge in [-0.15, -0.1) is 0 Å². The van der Waals surface area contributed by atoms with Gasteiger partial charge in [0.1, 0.15) is 17.8 Å². The first-order valence-corrected chi connectivity index (χ1v) is 4.92. The second kappa shape index (κ2) is 2.93. The van der Waals surface area contributed by atoms with E-state index < -0.39 is 0 Å². The first-order chi connectivity index (χ1) is 7.27. The minimum Gasteiger partial charge on any atom is -0.383 e. The second-order valence-electron chi connectivity index (χ2n) is 3.87. The molecule has 0 aliphatic carbocycles. The monoisotopic (exact) mass is 204 g/mol. The molecule has 15 heavy (non-hydrogen) atoms. The summed E-state index contributed by atoms with van der Waals surface area (Å²) in [5.41, 5.74) is 7.87. The van der Waals surface area contributed by atoms with Gasteiger partial charge in [0.05, 0.1) is 24.6 Å². The van der Waals surface area contributed by atoms with Crippen molar-refractivity contribution in [2.45, 2.75) is 13.0 Å². The summed E-state index contributed by atoms with van der Waals surface area (Å²) in [6, 6.07) is 0.399. The number of hydrogen-bond donors (Lipinski definition) is 1. The molecule has 2 aromatic heterocycles. The molecule has 1 aliphatic heterocycles. The molecule has 0 atom stereocenters. The van der Waals surface area contributed by atoms with Crippen LogP contribution >= 0.6 is 0 Å². The molecule has 1 fully saturated rings. The van der Waals surface area contributed by atoms with Gasteiger partial charge in [0.2, 0.25) is 0 Å². The molecule has 1 aliphatic rings. The van der Waals surface area contributed by atoms with Crippen LogP contribution in [0, 0.1) is 6.92 Å². The van der Waals surface area contributed by atoms with Gasteiger partial charge in [-0.05, 0) is 12.5 Å². The van der Waals surface area contributed by atoms with Crippen LogP contribution < -0.4 is 5.73 Å². The Hall–Kier alpha value is -1.62. The lowest BCUT2D eigenvalue weighted by atomic mass is 10.2. The zero-order valence-electron chi connectivity index (χ0n) is 8.47. The van der Waals surface area contributed by atoms with Crippen molar-refractivity contribution in [2.75, 3.05) is 18.9 Å². The van der Waals surface area contributed by atoms with Gasteiger partial charge in [0.25, 0.3) is 0 Å². The molecule has 0 unspecified atom stereocenters. The summed E-state index contributed by atoms with van der Waals surface area (Å²) in [6.07, 6.45) is 3.58. The predicted octanol–water partition coefficient (Wildman–Crippen LogP) is 0.893. The molecule has 0 aromatic carbocycles. The van der Waals surface area contributed by atoms with Crippen molar-refractivity contribution in [3.63, 3.8) is 0 Å². The summed E-state index contributed by atoms with van der Waals surface area (Å²) >= 11 is 0. The van der Waals surface area contributed by atoms with Crippen molar-refractivity contribution in [3.8, 4) is 0 Å². The topological polar surface area (TPSA) is 66.0 Å². The van der Waals surface area contributed by atoms with E-state index in [4.69, 9.17) is 10.5 Å². The van der Waals surface area contributed by atoms with E-state index in [9.17, 15) is 0 Å². The van der Waals surface area contributed by atoms with Crippen molar-refractivity contribution in [1.29, 1.82) is 0 Å². The smallest absolute Gasteiger partial charge is 0.146 e.